The van der Waals surface area contributed by atoms with E-state index in [2.05, 4.69) is 15.3 Å². The lowest BCUT2D eigenvalue weighted by Gasteiger charge is -2.14. The molecule has 1 aromatic carbocycles. The number of para-hydroxylation sites is 1. The van der Waals surface area contributed by atoms with Gasteiger partial charge in [0.05, 0.1) is 5.69 Å². The van der Waals surface area contributed by atoms with Crippen LogP contribution in [0.15, 0.2) is 43.8 Å². The van der Waals surface area contributed by atoms with Gasteiger partial charge in [-0.3, -0.25) is 4.79 Å². The average Bonchev–Trinajstić information content (AvgIpc) is 3.21. The minimum Gasteiger partial charge on any atom is -0.431 e. The van der Waals surface area contributed by atoms with Crippen LogP contribution >= 0.6 is 35.3 Å². The molecule has 2 heterocycles. The van der Waals surface area contributed by atoms with Crippen LogP contribution < -0.4 is 5.32 Å². The Morgan fingerprint density at radius 3 is 2.56 bits per heavy atom. The molecule has 34 heavy (non-hydrogen) atoms. The number of carbonyl (C=O) groups is 1. The first-order chi connectivity index (χ1) is 16.2. The molecular weight excluding hydrogens is 503 g/mol. The van der Waals surface area contributed by atoms with E-state index in [1.807, 2.05) is 25.5 Å². The van der Waals surface area contributed by atoms with Crippen LogP contribution in [0.5, 0.6) is 0 Å². The first kappa shape index (κ1) is 26.7. The van der Waals surface area contributed by atoms with Gasteiger partial charge in [0, 0.05) is 22.8 Å². The van der Waals surface area contributed by atoms with E-state index in [9.17, 15) is 18.0 Å². The lowest BCUT2D eigenvalue weighted by molar-refractivity contribution is -0.136. The number of alkyl halides is 3. The van der Waals surface area contributed by atoms with E-state index in [-0.39, 0.29) is 22.2 Å². The Balaban J connectivity index is 1.40. The van der Waals surface area contributed by atoms with Crippen molar-refractivity contribution in [3.8, 4) is 0 Å². The van der Waals surface area contributed by atoms with Crippen molar-refractivity contribution in [3.05, 3.63) is 35.5 Å². The molecule has 1 N–H and O–H groups in total. The number of aromatic nitrogens is 2. The van der Waals surface area contributed by atoms with Gasteiger partial charge in [-0.1, -0.05) is 30.7 Å². The van der Waals surface area contributed by atoms with Crippen LogP contribution in [0.1, 0.15) is 43.4 Å². The first-order valence-corrected chi connectivity index (χ1v) is 14.2. The van der Waals surface area contributed by atoms with Crippen molar-refractivity contribution in [2.24, 2.45) is 0 Å². The zero-order valence-electron chi connectivity index (χ0n) is 19.1. The van der Waals surface area contributed by atoms with Crippen LogP contribution in [0.25, 0.3) is 11.1 Å². The predicted molar refractivity (Wildman–Crippen MR) is 134 cm³/mol. The minimum atomic E-state index is -4.48. The molecule has 0 bridgehead atoms. The van der Waals surface area contributed by atoms with Crippen molar-refractivity contribution in [2.45, 2.75) is 60.3 Å². The fraction of sp³-hybridized carbons (Fsp3) is 0.435. The lowest BCUT2D eigenvalue weighted by Crippen LogP contribution is -2.13. The molecule has 0 aliphatic rings. The third kappa shape index (κ3) is 7.08. The van der Waals surface area contributed by atoms with Gasteiger partial charge in [0.25, 0.3) is 5.22 Å². The number of benzene rings is 1. The van der Waals surface area contributed by atoms with Crippen LogP contribution in [-0.4, -0.2) is 34.1 Å². The average molecular weight is 530 g/mol. The number of amides is 1. The Morgan fingerprint density at radius 2 is 1.85 bits per heavy atom. The van der Waals surface area contributed by atoms with Gasteiger partial charge in [0.15, 0.2) is 5.58 Å². The highest BCUT2D eigenvalue weighted by Crippen LogP contribution is 2.37. The Morgan fingerprint density at radius 1 is 1.09 bits per heavy atom. The van der Waals surface area contributed by atoms with Gasteiger partial charge in [-0.25, -0.2) is 9.97 Å². The van der Waals surface area contributed by atoms with Gasteiger partial charge in [-0.05, 0) is 50.5 Å². The maximum absolute atomic E-state index is 13.1. The topological polar surface area (TPSA) is 68.0 Å². The van der Waals surface area contributed by atoms with Gasteiger partial charge in [0.1, 0.15) is 16.1 Å². The molecule has 3 aromatic rings. The smallest absolute Gasteiger partial charge is 0.420 e. The molecule has 0 unspecified atom stereocenters. The number of aryl methyl sites for hydroxylation is 1. The SMILES string of the molecule is CSc1cc(C)nc(SC)c1NC(=O)CCCCCCSc1nc2cccc(C(F)(F)F)c2o1. The quantitative estimate of drug-likeness (QED) is 0.202. The van der Waals surface area contributed by atoms with Crippen molar-refractivity contribution in [1.82, 2.24) is 9.97 Å². The summed E-state index contributed by atoms with van der Waals surface area (Å²) < 4.78 is 44.6. The van der Waals surface area contributed by atoms with Crippen molar-refractivity contribution in [1.29, 1.82) is 0 Å². The van der Waals surface area contributed by atoms with Crippen LogP contribution in [-0.2, 0) is 11.0 Å². The standard InChI is InChI=1S/C23H26F3N3O2S3/c1-14-13-17(32-2)19(21(27-14)33-3)29-18(30)11-6-4-5-7-12-34-22-28-16-10-8-9-15(20(16)31-22)23(24,25)26/h8-10,13H,4-7,11-12H2,1-3H3,(H,29,30). The molecular formula is C23H26F3N3O2S3. The molecule has 0 spiro atoms. The molecule has 0 radical (unpaired) electrons. The molecule has 184 valence electrons. The summed E-state index contributed by atoms with van der Waals surface area (Å²) in [6.07, 6.45) is 3.27. The molecule has 1 amide bonds. The third-order valence-corrected chi connectivity index (χ3v) is 7.34. The number of oxazole rings is 1. The van der Waals surface area contributed by atoms with Crippen LogP contribution in [0.2, 0.25) is 0 Å². The predicted octanol–water partition coefficient (Wildman–Crippen LogP) is 7.68. The minimum absolute atomic E-state index is 0.0300. The molecule has 5 nitrogen and oxygen atoms in total. The number of pyridine rings is 1. The lowest BCUT2D eigenvalue weighted by atomic mass is 10.1. The van der Waals surface area contributed by atoms with Crippen LogP contribution in [0, 0.1) is 6.92 Å². The summed E-state index contributed by atoms with van der Waals surface area (Å²) in [4.78, 5) is 22.1. The van der Waals surface area contributed by atoms with E-state index in [1.54, 1.807) is 11.8 Å². The second-order valence-corrected chi connectivity index (χ2v) is 10.2. The van der Waals surface area contributed by atoms with Gasteiger partial charge in [-0.2, -0.15) is 13.2 Å². The summed E-state index contributed by atoms with van der Waals surface area (Å²) >= 11 is 4.40. The van der Waals surface area contributed by atoms with Crippen LogP contribution in [0.4, 0.5) is 18.9 Å². The van der Waals surface area contributed by atoms with Gasteiger partial charge < -0.3 is 9.73 Å². The highest BCUT2D eigenvalue weighted by atomic mass is 32.2. The number of nitrogens with zero attached hydrogens (tertiary/aromatic N) is 2. The van der Waals surface area contributed by atoms with E-state index in [0.29, 0.717) is 12.2 Å². The van der Waals surface area contributed by atoms with E-state index >= 15 is 0 Å². The Kier molecular flexibility index (Phi) is 9.61. The van der Waals surface area contributed by atoms with E-state index in [1.165, 1.54) is 35.7 Å². The number of nitrogens with one attached hydrogen (secondary N) is 1. The first-order valence-electron chi connectivity index (χ1n) is 10.7. The summed E-state index contributed by atoms with van der Waals surface area (Å²) in [5.41, 5.74) is 0.878. The second kappa shape index (κ2) is 12.2. The second-order valence-electron chi connectivity index (χ2n) is 7.54. The molecule has 2 aromatic heterocycles. The van der Waals surface area contributed by atoms with Gasteiger partial charge in [0.2, 0.25) is 5.91 Å². The number of rotatable bonds is 11. The fourth-order valence-corrected chi connectivity index (χ4v) is 5.49. The molecule has 0 aliphatic heterocycles. The Hall–Kier alpha value is -1.85. The van der Waals surface area contributed by atoms with Gasteiger partial charge >= 0.3 is 6.18 Å². The Bertz CT molecular complexity index is 1110. The van der Waals surface area contributed by atoms with Gasteiger partial charge in [-0.15, -0.1) is 23.5 Å². The highest BCUT2D eigenvalue weighted by Gasteiger charge is 2.34. The van der Waals surface area contributed by atoms with Crippen molar-refractivity contribution >= 4 is 58.0 Å². The van der Waals surface area contributed by atoms with Crippen LogP contribution in [0.3, 0.4) is 0 Å². The summed E-state index contributed by atoms with van der Waals surface area (Å²) in [5.74, 6) is 0.654. The zero-order valence-corrected chi connectivity index (χ0v) is 21.6. The number of carbonyl (C=O) groups excluding carboxylic acids is 1. The van der Waals surface area contributed by atoms with Crippen molar-refractivity contribution in [2.75, 3.05) is 23.6 Å². The molecule has 0 aliphatic carbocycles. The summed E-state index contributed by atoms with van der Waals surface area (Å²) in [7, 11) is 0. The number of unbranched alkanes of at least 4 members (excludes halogenated alkanes) is 3. The largest absolute Gasteiger partial charge is 0.431 e. The summed E-state index contributed by atoms with van der Waals surface area (Å²) in [6, 6.07) is 5.81. The maximum atomic E-state index is 13.1. The molecule has 0 fully saturated rings. The number of halogens is 3. The zero-order chi connectivity index (χ0) is 24.7. The number of thioether (sulfide) groups is 3. The normalized spacial score (nSPS) is 11.8. The third-order valence-electron chi connectivity index (χ3n) is 4.98. The van der Waals surface area contributed by atoms with E-state index in [4.69, 9.17) is 4.42 Å². The Labute approximate surface area is 209 Å². The molecule has 0 atom stereocenters. The van der Waals surface area contributed by atoms with E-state index < -0.39 is 11.7 Å². The number of hydrogen-bond acceptors (Lipinski definition) is 7. The molecule has 0 saturated heterocycles. The monoisotopic (exact) mass is 529 g/mol. The summed E-state index contributed by atoms with van der Waals surface area (Å²) in [6.45, 7) is 1.94. The molecule has 0 saturated carbocycles. The number of hydrogen-bond donors (Lipinski definition) is 1. The van der Waals surface area contributed by atoms with E-state index in [0.717, 1.165) is 53.1 Å². The molecule has 3 rings (SSSR count). The highest BCUT2D eigenvalue weighted by molar-refractivity contribution is 7.99. The fourth-order valence-electron chi connectivity index (χ4n) is 3.36. The number of fused-ring (bicyclic) bond motifs is 1. The van der Waals surface area contributed by atoms with Crippen molar-refractivity contribution < 1.29 is 22.4 Å². The number of anilines is 1. The summed E-state index contributed by atoms with van der Waals surface area (Å²) in [5, 5.41) is 4.07. The van der Waals surface area contributed by atoms with Crippen molar-refractivity contribution in [3.63, 3.8) is 0 Å². The maximum Gasteiger partial charge on any atom is 0.420 e. The molecule has 11 heteroatoms.